The first-order valence-corrected chi connectivity index (χ1v) is 8.78. The third-order valence-corrected chi connectivity index (χ3v) is 5.14. The van der Waals surface area contributed by atoms with Crippen LogP contribution in [0.25, 0.3) is 0 Å². The van der Waals surface area contributed by atoms with E-state index in [0.717, 1.165) is 36.0 Å². The summed E-state index contributed by atoms with van der Waals surface area (Å²) in [6.45, 7) is 2.86. The van der Waals surface area contributed by atoms with Crippen LogP contribution in [0.4, 0.5) is 0 Å². The molecule has 1 aliphatic carbocycles. The lowest BCUT2D eigenvalue weighted by Crippen LogP contribution is -2.48. The van der Waals surface area contributed by atoms with E-state index in [9.17, 15) is 9.90 Å². The van der Waals surface area contributed by atoms with Crippen molar-refractivity contribution in [2.45, 2.75) is 37.5 Å². The molecule has 3 rings (SSSR count). The zero-order valence-electron chi connectivity index (χ0n) is 14.2. The molecule has 0 saturated carbocycles. The van der Waals surface area contributed by atoms with Gasteiger partial charge in [0.1, 0.15) is 0 Å². The Kier molecular flexibility index (Phi) is 5.00. The van der Waals surface area contributed by atoms with Crippen LogP contribution in [0.2, 0.25) is 0 Å². The van der Waals surface area contributed by atoms with Gasteiger partial charge >= 0.3 is 0 Å². The highest BCUT2D eigenvalue weighted by atomic mass is 16.3. The molecule has 0 aromatic heterocycles. The lowest BCUT2D eigenvalue weighted by molar-refractivity contribution is -0.126. The van der Waals surface area contributed by atoms with Crippen LogP contribution in [0.1, 0.15) is 48.8 Å². The Balaban J connectivity index is 2.17. The molecule has 2 aromatic rings. The van der Waals surface area contributed by atoms with E-state index in [1.54, 1.807) is 0 Å². The molecule has 24 heavy (non-hydrogen) atoms. The number of nitrogens with one attached hydrogen (secondary N) is 1. The van der Waals surface area contributed by atoms with Gasteiger partial charge in [0.15, 0.2) is 0 Å². The van der Waals surface area contributed by atoms with Gasteiger partial charge in [-0.2, -0.15) is 0 Å². The quantitative estimate of drug-likeness (QED) is 0.886. The maximum Gasteiger partial charge on any atom is 0.235 e. The number of carbonyl (C=O) groups excluding carboxylic acids is 1. The summed E-state index contributed by atoms with van der Waals surface area (Å²) < 4.78 is 0. The van der Waals surface area contributed by atoms with Gasteiger partial charge < -0.3 is 10.4 Å². The van der Waals surface area contributed by atoms with E-state index in [2.05, 4.69) is 24.4 Å². The Morgan fingerprint density at radius 3 is 2.58 bits per heavy atom. The fourth-order valence-electron chi connectivity index (χ4n) is 3.89. The predicted molar refractivity (Wildman–Crippen MR) is 96.0 cm³/mol. The normalized spacial score (nSPS) is 22.7. The van der Waals surface area contributed by atoms with E-state index in [4.69, 9.17) is 0 Å². The van der Waals surface area contributed by atoms with Crippen molar-refractivity contribution < 1.29 is 9.90 Å². The number of amides is 1. The summed E-state index contributed by atoms with van der Waals surface area (Å²) in [6.07, 6.45) is 2.44. The first kappa shape index (κ1) is 16.7. The second kappa shape index (κ2) is 7.18. The predicted octanol–water partition coefficient (Wildman–Crippen LogP) is 3.37. The Morgan fingerprint density at radius 1 is 1.17 bits per heavy atom. The molecule has 2 unspecified atom stereocenters. The summed E-state index contributed by atoms with van der Waals surface area (Å²) in [5.74, 6) is 0.177. The van der Waals surface area contributed by atoms with Crippen LogP contribution in [-0.2, 0) is 10.2 Å². The molecular formula is C21H25NO2. The van der Waals surface area contributed by atoms with Crippen LogP contribution in [0.3, 0.4) is 0 Å². The molecular weight excluding hydrogens is 298 g/mol. The zero-order chi connectivity index (χ0) is 17.0. The van der Waals surface area contributed by atoms with Crippen LogP contribution in [0.5, 0.6) is 0 Å². The first-order chi connectivity index (χ1) is 11.7. The lowest BCUT2D eigenvalue weighted by Gasteiger charge is -2.41. The minimum Gasteiger partial charge on any atom is -0.396 e. The number of hydrogen-bond donors (Lipinski definition) is 2. The molecule has 0 radical (unpaired) electrons. The molecule has 0 spiro atoms. The molecule has 1 amide bonds. The average molecular weight is 323 g/mol. The summed E-state index contributed by atoms with van der Waals surface area (Å²) in [7, 11) is 0. The van der Waals surface area contributed by atoms with Crippen molar-refractivity contribution in [2.75, 3.05) is 13.2 Å². The van der Waals surface area contributed by atoms with Gasteiger partial charge in [-0.05, 0) is 36.0 Å². The third-order valence-electron chi connectivity index (χ3n) is 5.14. The van der Waals surface area contributed by atoms with Gasteiger partial charge in [-0.15, -0.1) is 0 Å². The second-order valence-electron chi connectivity index (χ2n) is 6.53. The largest absolute Gasteiger partial charge is 0.396 e. The van der Waals surface area contributed by atoms with Crippen molar-refractivity contribution in [3.63, 3.8) is 0 Å². The topological polar surface area (TPSA) is 49.3 Å². The highest BCUT2D eigenvalue weighted by Gasteiger charge is 2.46. The van der Waals surface area contributed by atoms with Gasteiger partial charge in [-0.25, -0.2) is 0 Å². The summed E-state index contributed by atoms with van der Waals surface area (Å²) in [6, 6.07) is 18.1. The average Bonchev–Trinajstić information content (AvgIpc) is 2.65. The van der Waals surface area contributed by atoms with Crippen LogP contribution in [-0.4, -0.2) is 24.2 Å². The fraction of sp³-hybridized carbons (Fsp3) is 0.381. The van der Waals surface area contributed by atoms with E-state index in [0.29, 0.717) is 6.54 Å². The second-order valence-corrected chi connectivity index (χ2v) is 6.53. The first-order valence-electron chi connectivity index (χ1n) is 8.78. The number of fused-ring (bicyclic) bond motifs is 1. The monoisotopic (exact) mass is 323 g/mol. The number of rotatable bonds is 5. The molecule has 2 aromatic carbocycles. The van der Waals surface area contributed by atoms with Crippen LogP contribution in [0.15, 0.2) is 54.6 Å². The van der Waals surface area contributed by atoms with E-state index >= 15 is 0 Å². The molecule has 0 fully saturated rings. The van der Waals surface area contributed by atoms with Crippen molar-refractivity contribution in [3.05, 3.63) is 71.3 Å². The van der Waals surface area contributed by atoms with Crippen molar-refractivity contribution in [1.82, 2.24) is 5.32 Å². The number of hydrogen-bond acceptors (Lipinski definition) is 2. The summed E-state index contributed by atoms with van der Waals surface area (Å²) in [4.78, 5) is 13.3. The van der Waals surface area contributed by atoms with Crippen molar-refractivity contribution in [2.24, 2.45) is 0 Å². The fourth-order valence-corrected chi connectivity index (χ4v) is 3.89. The van der Waals surface area contributed by atoms with Gasteiger partial charge in [0.25, 0.3) is 0 Å². The minimum absolute atomic E-state index is 0.0689. The number of aliphatic hydroxyl groups is 1. The Morgan fingerprint density at radius 2 is 1.88 bits per heavy atom. The van der Waals surface area contributed by atoms with E-state index in [-0.39, 0.29) is 18.4 Å². The van der Waals surface area contributed by atoms with Gasteiger partial charge in [0, 0.05) is 19.1 Å². The number of aliphatic hydroxyl groups excluding tert-OH is 1. The van der Waals surface area contributed by atoms with Crippen molar-refractivity contribution in [3.8, 4) is 0 Å². The van der Waals surface area contributed by atoms with Gasteiger partial charge in [0.2, 0.25) is 5.91 Å². The maximum atomic E-state index is 13.3. The van der Waals surface area contributed by atoms with E-state index in [1.807, 2.05) is 42.5 Å². The van der Waals surface area contributed by atoms with Crippen molar-refractivity contribution in [1.29, 1.82) is 0 Å². The molecule has 3 nitrogen and oxygen atoms in total. The van der Waals surface area contributed by atoms with Gasteiger partial charge in [-0.1, -0.05) is 61.5 Å². The van der Waals surface area contributed by atoms with Crippen LogP contribution in [0, 0.1) is 0 Å². The molecule has 3 heteroatoms. The standard InChI is InChI=1S/C21H25NO2/c1-2-14-22-20(24)21(17-8-4-3-5-9-17)13-12-16(15-23)18-10-6-7-11-19(18)21/h3-11,16,23H,2,12-15H2,1H3,(H,22,24). The minimum atomic E-state index is -0.668. The molecule has 126 valence electrons. The zero-order valence-corrected chi connectivity index (χ0v) is 14.2. The summed E-state index contributed by atoms with van der Waals surface area (Å²) in [5.41, 5.74) is 2.50. The SMILES string of the molecule is CCCNC(=O)C1(c2ccccc2)CCC(CO)c2ccccc21. The molecule has 0 bridgehead atoms. The maximum absolute atomic E-state index is 13.3. The Labute approximate surface area is 143 Å². The third kappa shape index (κ3) is 2.73. The van der Waals surface area contributed by atoms with E-state index in [1.165, 1.54) is 0 Å². The van der Waals surface area contributed by atoms with Crippen LogP contribution < -0.4 is 5.32 Å². The summed E-state index contributed by atoms with van der Waals surface area (Å²) in [5, 5.41) is 12.9. The number of carbonyl (C=O) groups is 1. The van der Waals surface area contributed by atoms with Gasteiger partial charge in [-0.3, -0.25) is 4.79 Å². The molecule has 2 atom stereocenters. The molecule has 2 N–H and O–H groups in total. The highest BCUT2D eigenvalue weighted by molar-refractivity contribution is 5.93. The highest BCUT2D eigenvalue weighted by Crippen LogP contribution is 2.47. The molecule has 0 saturated heterocycles. The van der Waals surface area contributed by atoms with Gasteiger partial charge in [0.05, 0.1) is 5.41 Å². The molecule has 0 heterocycles. The van der Waals surface area contributed by atoms with Crippen LogP contribution >= 0.6 is 0 Å². The Bertz CT molecular complexity index is 698. The summed E-state index contributed by atoms with van der Waals surface area (Å²) >= 11 is 0. The lowest BCUT2D eigenvalue weighted by atomic mass is 9.63. The molecule has 1 aliphatic rings. The number of benzene rings is 2. The van der Waals surface area contributed by atoms with Crippen molar-refractivity contribution >= 4 is 5.91 Å². The smallest absolute Gasteiger partial charge is 0.235 e. The van der Waals surface area contributed by atoms with E-state index < -0.39 is 5.41 Å². The Hall–Kier alpha value is -2.13. The molecule has 0 aliphatic heterocycles.